The highest BCUT2D eigenvalue weighted by molar-refractivity contribution is 5.66. The average molecular weight is 298 g/mol. The summed E-state index contributed by atoms with van der Waals surface area (Å²) in [5, 5.41) is 9.18. The zero-order valence-electron chi connectivity index (χ0n) is 11.9. The second-order valence-electron chi connectivity index (χ2n) is 5.58. The molecular formula is C15H20F2N2O2. The van der Waals surface area contributed by atoms with Crippen LogP contribution in [0.2, 0.25) is 0 Å². The van der Waals surface area contributed by atoms with Crippen molar-refractivity contribution in [3.8, 4) is 0 Å². The monoisotopic (exact) mass is 298 g/mol. The first-order chi connectivity index (χ1) is 9.86. The number of carbonyl (C=O) groups is 1. The fraction of sp³-hybridized carbons (Fsp3) is 0.533. The molecule has 0 aromatic heterocycles. The maximum atomic E-state index is 14.5. The minimum absolute atomic E-state index is 0.00389. The molecule has 21 heavy (non-hydrogen) atoms. The number of hydrogen-bond donors (Lipinski definition) is 2. The van der Waals surface area contributed by atoms with Gasteiger partial charge in [0.2, 0.25) is 0 Å². The summed E-state index contributed by atoms with van der Waals surface area (Å²) >= 11 is 0. The second-order valence-corrected chi connectivity index (χ2v) is 5.58. The molecule has 1 amide bonds. The Morgan fingerprint density at radius 2 is 2.05 bits per heavy atom. The molecule has 1 aliphatic rings. The van der Waals surface area contributed by atoms with Crippen LogP contribution in [0.15, 0.2) is 24.3 Å². The van der Waals surface area contributed by atoms with E-state index in [9.17, 15) is 18.7 Å². The Labute approximate surface area is 122 Å². The molecule has 0 aliphatic carbocycles. The molecule has 116 valence electrons. The first-order valence-electron chi connectivity index (χ1n) is 6.99. The van der Waals surface area contributed by atoms with Crippen LogP contribution < -0.4 is 5.73 Å². The van der Waals surface area contributed by atoms with E-state index in [1.807, 2.05) is 19.1 Å². The van der Waals surface area contributed by atoms with Crippen molar-refractivity contribution in [3.63, 3.8) is 0 Å². The lowest BCUT2D eigenvalue weighted by Crippen LogP contribution is -2.60. The molecule has 0 spiro atoms. The summed E-state index contributed by atoms with van der Waals surface area (Å²) in [6, 6.07) is 5.83. The smallest absolute Gasteiger partial charge is 0.407 e. The molecule has 2 atom stereocenters. The van der Waals surface area contributed by atoms with Crippen molar-refractivity contribution in [2.75, 3.05) is 13.1 Å². The van der Waals surface area contributed by atoms with E-state index in [1.54, 1.807) is 12.1 Å². The molecule has 1 aromatic carbocycles. The molecule has 2 unspecified atom stereocenters. The minimum Gasteiger partial charge on any atom is -0.465 e. The molecule has 1 aliphatic heterocycles. The number of nitrogens with zero attached hydrogens (tertiary/aromatic N) is 1. The fourth-order valence-electron chi connectivity index (χ4n) is 2.82. The van der Waals surface area contributed by atoms with Gasteiger partial charge in [-0.2, -0.15) is 0 Å². The SMILES string of the molecule is Cc1ccc(CC2N(C(=O)O)CCC(CN)C2(F)F)cc1. The molecule has 6 heteroatoms. The van der Waals surface area contributed by atoms with E-state index in [1.165, 1.54) is 0 Å². The fourth-order valence-corrected chi connectivity index (χ4v) is 2.82. The van der Waals surface area contributed by atoms with E-state index in [4.69, 9.17) is 5.73 Å². The van der Waals surface area contributed by atoms with Gasteiger partial charge in [0.05, 0.1) is 0 Å². The van der Waals surface area contributed by atoms with Crippen LogP contribution >= 0.6 is 0 Å². The number of likely N-dealkylation sites (tertiary alicyclic amines) is 1. The van der Waals surface area contributed by atoms with Gasteiger partial charge in [0.1, 0.15) is 6.04 Å². The third-order valence-corrected chi connectivity index (χ3v) is 4.16. The summed E-state index contributed by atoms with van der Waals surface area (Å²) in [6.45, 7) is 1.88. The molecule has 1 aromatic rings. The van der Waals surface area contributed by atoms with Crippen LogP contribution in [0.5, 0.6) is 0 Å². The van der Waals surface area contributed by atoms with Crippen molar-refractivity contribution in [1.29, 1.82) is 0 Å². The number of carboxylic acid groups (broad SMARTS) is 1. The first kappa shape index (κ1) is 15.7. The molecule has 4 nitrogen and oxygen atoms in total. The zero-order chi connectivity index (χ0) is 15.6. The number of amides is 1. The number of piperidine rings is 1. The van der Waals surface area contributed by atoms with Crippen molar-refractivity contribution >= 4 is 6.09 Å². The van der Waals surface area contributed by atoms with E-state index in [-0.39, 0.29) is 25.9 Å². The van der Waals surface area contributed by atoms with Gasteiger partial charge in [0.15, 0.2) is 0 Å². The number of benzene rings is 1. The van der Waals surface area contributed by atoms with Crippen molar-refractivity contribution < 1.29 is 18.7 Å². The topological polar surface area (TPSA) is 66.6 Å². The van der Waals surface area contributed by atoms with Crippen molar-refractivity contribution in [3.05, 3.63) is 35.4 Å². The van der Waals surface area contributed by atoms with Crippen LogP contribution in [0.3, 0.4) is 0 Å². The molecule has 3 N–H and O–H groups in total. The van der Waals surface area contributed by atoms with Gasteiger partial charge in [-0.3, -0.25) is 4.90 Å². The number of halogens is 2. The molecule has 0 radical (unpaired) electrons. The predicted octanol–water partition coefficient (Wildman–Crippen LogP) is 2.50. The number of rotatable bonds is 3. The molecule has 1 fully saturated rings. The molecule has 2 rings (SSSR count). The summed E-state index contributed by atoms with van der Waals surface area (Å²) < 4.78 is 29.0. The predicted molar refractivity (Wildman–Crippen MR) is 75.5 cm³/mol. The Hall–Kier alpha value is -1.69. The summed E-state index contributed by atoms with van der Waals surface area (Å²) in [6.07, 6.45) is -1.21. The normalized spacial score (nSPS) is 24.9. The summed E-state index contributed by atoms with van der Waals surface area (Å²) in [4.78, 5) is 12.1. The first-order valence-corrected chi connectivity index (χ1v) is 6.99. The number of nitrogens with two attached hydrogens (primary N) is 1. The van der Waals surface area contributed by atoms with Gasteiger partial charge in [-0.15, -0.1) is 0 Å². The van der Waals surface area contributed by atoms with Gasteiger partial charge in [-0.1, -0.05) is 29.8 Å². The van der Waals surface area contributed by atoms with Crippen LogP contribution in [0.1, 0.15) is 17.5 Å². The number of aryl methyl sites for hydroxylation is 1. The largest absolute Gasteiger partial charge is 0.465 e. The minimum atomic E-state index is -3.11. The Bertz CT molecular complexity index is 505. The number of alkyl halides is 2. The van der Waals surface area contributed by atoms with E-state index < -0.39 is 24.0 Å². The van der Waals surface area contributed by atoms with Gasteiger partial charge in [0.25, 0.3) is 5.92 Å². The Morgan fingerprint density at radius 3 is 2.57 bits per heavy atom. The van der Waals surface area contributed by atoms with Gasteiger partial charge in [0, 0.05) is 19.0 Å². The zero-order valence-corrected chi connectivity index (χ0v) is 11.9. The van der Waals surface area contributed by atoms with Crippen molar-refractivity contribution in [2.45, 2.75) is 31.7 Å². The standard InChI is InChI=1S/C15H20F2N2O2/c1-10-2-4-11(5-3-10)8-13-15(16,17)12(9-18)6-7-19(13)14(20)21/h2-5,12-13H,6-9,18H2,1H3,(H,20,21). The van der Waals surface area contributed by atoms with Gasteiger partial charge < -0.3 is 10.8 Å². The van der Waals surface area contributed by atoms with E-state index in [0.29, 0.717) is 5.56 Å². The van der Waals surface area contributed by atoms with Gasteiger partial charge in [-0.05, 0) is 25.3 Å². The van der Waals surface area contributed by atoms with E-state index >= 15 is 0 Å². The quantitative estimate of drug-likeness (QED) is 0.901. The third-order valence-electron chi connectivity index (χ3n) is 4.16. The molecule has 1 heterocycles. The van der Waals surface area contributed by atoms with Gasteiger partial charge in [-0.25, -0.2) is 13.6 Å². The Balaban J connectivity index is 2.28. The van der Waals surface area contributed by atoms with Crippen molar-refractivity contribution in [1.82, 2.24) is 4.90 Å². The maximum Gasteiger partial charge on any atom is 0.407 e. The van der Waals surface area contributed by atoms with Crippen LogP contribution in [0.4, 0.5) is 13.6 Å². The third kappa shape index (κ3) is 3.15. The lowest BCUT2D eigenvalue weighted by Gasteiger charge is -2.43. The Morgan fingerprint density at radius 1 is 1.43 bits per heavy atom. The highest BCUT2D eigenvalue weighted by Crippen LogP contribution is 2.39. The van der Waals surface area contributed by atoms with Crippen LogP contribution in [0, 0.1) is 12.8 Å². The lowest BCUT2D eigenvalue weighted by molar-refractivity contribution is -0.141. The molecule has 0 saturated carbocycles. The van der Waals surface area contributed by atoms with Crippen LogP contribution in [-0.2, 0) is 6.42 Å². The van der Waals surface area contributed by atoms with Crippen molar-refractivity contribution in [2.24, 2.45) is 11.7 Å². The molecule has 1 saturated heterocycles. The van der Waals surface area contributed by atoms with E-state index in [2.05, 4.69) is 0 Å². The van der Waals surface area contributed by atoms with Gasteiger partial charge >= 0.3 is 6.09 Å². The van der Waals surface area contributed by atoms with Crippen LogP contribution in [-0.4, -0.2) is 41.2 Å². The molecule has 0 bridgehead atoms. The Kier molecular flexibility index (Phi) is 4.46. The average Bonchev–Trinajstić information content (AvgIpc) is 2.42. The second kappa shape index (κ2) is 5.97. The summed E-state index contributed by atoms with van der Waals surface area (Å²) in [7, 11) is 0. The summed E-state index contributed by atoms with van der Waals surface area (Å²) in [5.74, 6) is -4.08. The number of hydrogen-bond acceptors (Lipinski definition) is 2. The molecular weight excluding hydrogens is 278 g/mol. The maximum absolute atomic E-state index is 14.5. The highest BCUT2D eigenvalue weighted by atomic mass is 19.3. The summed E-state index contributed by atoms with van der Waals surface area (Å²) in [5.41, 5.74) is 7.16. The van der Waals surface area contributed by atoms with Crippen LogP contribution in [0.25, 0.3) is 0 Å². The lowest BCUT2D eigenvalue weighted by atomic mass is 9.84. The highest BCUT2D eigenvalue weighted by Gasteiger charge is 2.53. The van der Waals surface area contributed by atoms with E-state index in [0.717, 1.165) is 10.5 Å².